The van der Waals surface area contributed by atoms with Crippen molar-refractivity contribution >= 4 is 43.5 Å². The predicted octanol–water partition coefficient (Wildman–Crippen LogP) is 5.68. The fourth-order valence-electron chi connectivity index (χ4n) is 4.12. The zero-order valence-electron chi connectivity index (χ0n) is 24.1. The number of amides is 2. The van der Waals surface area contributed by atoms with Gasteiger partial charge in [-0.15, -0.1) is 0 Å². The number of aryl methyl sites for hydroxylation is 1. The molecule has 2 atom stereocenters. The van der Waals surface area contributed by atoms with E-state index in [0.29, 0.717) is 18.0 Å². The molecular weight excluding hydrogens is 606 g/mol. The molecule has 2 amide bonds. The fourth-order valence-corrected chi connectivity index (χ4v) is 5.98. The number of hydrogen-bond acceptors (Lipinski definition) is 5. The number of carbonyl (C=O) groups is 2. The van der Waals surface area contributed by atoms with Crippen LogP contribution in [-0.2, 0) is 26.2 Å². The van der Waals surface area contributed by atoms with Gasteiger partial charge in [0.15, 0.2) is 0 Å². The van der Waals surface area contributed by atoms with Crippen molar-refractivity contribution in [1.29, 1.82) is 0 Å². The summed E-state index contributed by atoms with van der Waals surface area (Å²) in [4.78, 5) is 28.6. The molecule has 0 radical (unpaired) electrons. The zero-order chi connectivity index (χ0) is 30.2. The number of halogens is 1. The van der Waals surface area contributed by atoms with Crippen LogP contribution in [0.2, 0.25) is 0 Å². The van der Waals surface area contributed by atoms with Crippen LogP contribution in [0.3, 0.4) is 0 Å². The maximum Gasteiger partial charge on any atom is 0.264 e. The molecule has 0 aliphatic heterocycles. The smallest absolute Gasteiger partial charge is 0.264 e. The summed E-state index contributed by atoms with van der Waals surface area (Å²) < 4.78 is 35.3. The van der Waals surface area contributed by atoms with Gasteiger partial charge in [0.25, 0.3) is 10.0 Å². The van der Waals surface area contributed by atoms with Gasteiger partial charge in [-0.3, -0.25) is 13.9 Å². The largest absolute Gasteiger partial charge is 0.494 e. The fraction of sp³-hybridized carbons (Fsp3) is 0.355. The minimum Gasteiger partial charge on any atom is -0.494 e. The van der Waals surface area contributed by atoms with E-state index in [9.17, 15) is 18.0 Å². The SMILES string of the molecule is CCOc1ccc(S(=O)(=O)N(CC(=O)N(Cc2cccc(Br)c2)[C@@H](C)C(=O)N[C@@H](C)CC)c2ccc(C)cc2)cc1. The Bertz CT molecular complexity index is 1430. The molecule has 0 aliphatic carbocycles. The Morgan fingerprint density at radius 2 is 1.63 bits per heavy atom. The van der Waals surface area contributed by atoms with Gasteiger partial charge in [0.05, 0.1) is 17.2 Å². The molecule has 0 heterocycles. The van der Waals surface area contributed by atoms with Crippen molar-refractivity contribution in [3.63, 3.8) is 0 Å². The van der Waals surface area contributed by atoms with E-state index in [1.165, 1.54) is 17.0 Å². The van der Waals surface area contributed by atoms with Crippen molar-refractivity contribution in [2.75, 3.05) is 17.5 Å². The van der Waals surface area contributed by atoms with Crippen LogP contribution in [0.4, 0.5) is 5.69 Å². The topological polar surface area (TPSA) is 96.0 Å². The lowest BCUT2D eigenvalue weighted by Crippen LogP contribution is -2.52. The molecule has 0 unspecified atom stereocenters. The van der Waals surface area contributed by atoms with Crippen LogP contribution in [0.15, 0.2) is 82.2 Å². The summed E-state index contributed by atoms with van der Waals surface area (Å²) in [5, 5.41) is 2.94. The summed E-state index contributed by atoms with van der Waals surface area (Å²) in [6.45, 7) is 9.35. The number of anilines is 1. The predicted molar refractivity (Wildman–Crippen MR) is 165 cm³/mol. The highest BCUT2D eigenvalue weighted by Crippen LogP contribution is 2.26. The second-order valence-corrected chi connectivity index (χ2v) is 12.7. The maximum atomic E-state index is 14.0. The quantitative estimate of drug-likeness (QED) is 0.258. The molecule has 1 N–H and O–H groups in total. The molecule has 220 valence electrons. The van der Waals surface area contributed by atoms with E-state index in [1.807, 2.05) is 52.0 Å². The first kappa shape index (κ1) is 32.1. The normalized spacial score (nSPS) is 12.7. The number of ether oxygens (including phenoxy) is 1. The van der Waals surface area contributed by atoms with Crippen LogP contribution < -0.4 is 14.4 Å². The number of nitrogens with one attached hydrogen (secondary N) is 1. The highest BCUT2D eigenvalue weighted by molar-refractivity contribution is 9.10. The lowest BCUT2D eigenvalue weighted by Gasteiger charge is -2.32. The molecule has 0 aromatic heterocycles. The average Bonchev–Trinajstić information content (AvgIpc) is 2.95. The van der Waals surface area contributed by atoms with Gasteiger partial charge >= 0.3 is 0 Å². The first-order valence-corrected chi connectivity index (χ1v) is 15.9. The lowest BCUT2D eigenvalue weighted by molar-refractivity contribution is -0.139. The van der Waals surface area contributed by atoms with Crippen molar-refractivity contribution in [1.82, 2.24) is 10.2 Å². The first-order valence-electron chi connectivity index (χ1n) is 13.6. The molecule has 0 saturated carbocycles. The molecule has 3 rings (SSSR count). The monoisotopic (exact) mass is 643 g/mol. The second kappa shape index (κ2) is 14.5. The maximum absolute atomic E-state index is 14.0. The van der Waals surface area contributed by atoms with Gasteiger partial charge in [-0.25, -0.2) is 8.42 Å². The molecule has 0 spiro atoms. The molecular formula is C31H38BrN3O5S. The molecule has 0 saturated heterocycles. The number of carbonyl (C=O) groups excluding carboxylic acids is 2. The van der Waals surface area contributed by atoms with Crippen LogP contribution in [0.25, 0.3) is 0 Å². The summed E-state index contributed by atoms with van der Waals surface area (Å²) in [6, 6.07) is 19.6. The molecule has 0 bridgehead atoms. The minimum atomic E-state index is -4.15. The number of sulfonamides is 1. The first-order chi connectivity index (χ1) is 19.5. The highest BCUT2D eigenvalue weighted by Gasteiger charge is 2.32. The summed E-state index contributed by atoms with van der Waals surface area (Å²) >= 11 is 3.46. The number of nitrogens with zero attached hydrogens (tertiary/aromatic N) is 2. The summed E-state index contributed by atoms with van der Waals surface area (Å²) in [5.41, 5.74) is 2.09. The van der Waals surface area contributed by atoms with Gasteiger partial charge in [0.2, 0.25) is 11.8 Å². The minimum absolute atomic E-state index is 0.0235. The Morgan fingerprint density at radius 3 is 2.22 bits per heavy atom. The molecule has 8 nitrogen and oxygen atoms in total. The van der Waals surface area contributed by atoms with E-state index >= 15 is 0 Å². The molecule has 3 aromatic carbocycles. The third kappa shape index (κ3) is 8.56. The van der Waals surface area contributed by atoms with Crippen LogP contribution in [-0.4, -0.2) is 50.4 Å². The van der Waals surface area contributed by atoms with E-state index in [2.05, 4.69) is 21.2 Å². The van der Waals surface area contributed by atoms with Crippen molar-refractivity contribution < 1.29 is 22.7 Å². The number of rotatable bonds is 13. The lowest BCUT2D eigenvalue weighted by atomic mass is 10.1. The van der Waals surface area contributed by atoms with Gasteiger partial charge in [0, 0.05) is 17.1 Å². The van der Waals surface area contributed by atoms with Gasteiger partial charge in [-0.1, -0.05) is 52.7 Å². The van der Waals surface area contributed by atoms with Crippen LogP contribution >= 0.6 is 15.9 Å². The molecule has 0 aliphatic rings. The van der Waals surface area contributed by atoms with E-state index in [1.54, 1.807) is 43.3 Å². The molecule has 10 heteroatoms. The van der Waals surface area contributed by atoms with Crippen LogP contribution in [0, 0.1) is 6.92 Å². The Labute approximate surface area is 251 Å². The van der Waals surface area contributed by atoms with E-state index < -0.39 is 28.5 Å². The summed E-state index contributed by atoms with van der Waals surface area (Å²) in [6.07, 6.45) is 0.736. The Balaban J connectivity index is 2.01. The van der Waals surface area contributed by atoms with Crippen molar-refractivity contribution in [2.45, 2.75) is 64.6 Å². The third-order valence-corrected chi connectivity index (χ3v) is 9.02. The molecule has 0 fully saturated rings. The zero-order valence-corrected chi connectivity index (χ0v) is 26.5. The van der Waals surface area contributed by atoms with Gasteiger partial charge < -0.3 is 15.0 Å². The third-order valence-electron chi connectivity index (χ3n) is 6.73. The van der Waals surface area contributed by atoms with E-state index in [4.69, 9.17) is 4.74 Å². The Kier molecular flexibility index (Phi) is 11.4. The van der Waals surface area contributed by atoms with Gasteiger partial charge in [-0.2, -0.15) is 0 Å². The summed E-state index contributed by atoms with van der Waals surface area (Å²) in [7, 11) is -4.15. The van der Waals surface area contributed by atoms with E-state index in [0.717, 1.165) is 26.3 Å². The average molecular weight is 645 g/mol. The second-order valence-electron chi connectivity index (χ2n) is 9.90. The van der Waals surface area contributed by atoms with Gasteiger partial charge in [0.1, 0.15) is 18.3 Å². The molecule has 3 aromatic rings. The Hall–Kier alpha value is -3.37. The number of benzene rings is 3. The van der Waals surface area contributed by atoms with Crippen molar-refractivity contribution in [2.24, 2.45) is 0 Å². The number of hydrogen-bond donors (Lipinski definition) is 1. The van der Waals surface area contributed by atoms with Gasteiger partial charge in [-0.05, 0) is 88.2 Å². The van der Waals surface area contributed by atoms with Crippen LogP contribution in [0.1, 0.15) is 45.2 Å². The van der Waals surface area contributed by atoms with Crippen molar-refractivity contribution in [3.8, 4) is 5.75 Å². The standard InChI is InChI=1S/C31H38BrN3O5S/c1-6-23(4)33-31(37)24(5)34(20-25-9-8-10-26(32)19-25)30(36)21-35(27-13-11-22(3)12-14-27)41(38,39)29-17-15-28(16-18-29)40-7-2/h8-19,23-24H,6-7,20-21H2,1-5H3,(H,33,37)/t23-,24-/m0/s1. The van der Waals surface area contributed by atoms with E-state index in [-0.39, 0.29) is 23.4 Å². The summed E-state index contributed by atoms with van der Waals surface area (Å²) in [5.74, 6) is -0.267. The van der Waals surface area contributed by atoms with Crippen LogP contribution in [0.5, 0.6) is 5.75 Å². The van der Waals surface area contributed by atoms with Crippen molar-refractivity contribution in [3.05, 3.63) is 88.4 Å². The Morgan fingerprint density at radius 1 is 0.976 bits per heavy atom. The highest BCUT2D eigenvalue weighted by atomic mass is 79.9. The molecule has 41 heavy (non-hydrogen) atoms.